The van der Waals surface area contributed by atoms with Crippen molar-refractivity contribution in [2.75, 3.05) is 13.1 Å². The quantitative estimate of drug-likeness (QED) is 0.764. The zero-order valence-corrected chi connectivity index (χ0v) is 15.6. The molecule has 1 aliphatic heterocycles. The number of urea groups is 1. The summed E-state index contributed by atoms with van der Waals surface area (Å²) in [6, 6.07) is 9.23. The predicted octanol–water partition coefficient (Wildman–Crippen LogP) is 2.18. The maximum Gasteiger partial charge on any atom is 0.325 e. The minimum Gasteiger partial charge on any atom is -0.354 e. The molecule has 136 valence electrons. The van der Waals surface area contributed by atoms with Crippen LogP contribution in [0.1, 0.15) is 23.6 Å². The average Bonchev–Trinajstić information content (AvgIpc) is 3.21. The molecule has 3 rings (SSSR count). The first-order valence-electron chi connectivity index (χ1n) is 8.40. The molecule has 1 aromatic heterocycles. The van der Waals surface area contributed by atoms with Crippen molar-refractivity contribution in [1.29, 1.82) is 0 Å². The molecule has 0 radical (unpaired) electrons. The van der Waals surface area contributed by atoms with Crippen LogP contribution < -0.4 is 10.6 Å². The minimum atomic E-state index is -1.11. The van der Waals surface area contributed by atoms with E-state index in [0.717, 1.165) is 16.0 Å². The number of carbonyl (C=O) groups is 3. The van der Waals surface area contributed by atoms with Gasteiger partial charge in [-0.15, -0.1) is 0 Å². The summed E-state index contributed by atoms with van der Waals surface area (Å²) in [6.07, 6.45) is 0.700. The number of hydrogen-bond donors (Lipinski definition) is 2. The second-order valence-electron chi connectivity index (χ2n) is 6.48. The lowest BCUT2D eigenvalue weighted by Crippen LogP contribution is -2.43. The van der Waals surface area contributed by atoms with Crippen LogP contribution in [0.15, 0.2) is 41.1 Å². The van der Waals surface area contributed by atoms with E-state index in [1.807, 2.05) is 41.9 Å². The third-order valence-electron chi connectivity index (χ3n) is 4.65. The third kappa shape index (κ3) is 3.48. The van der Waals surface area contributed by atoms with E-state index in [1.54, 1.807) is 13.0 Å². The van der Waals surface area contributed by atoms with Crippen molar-refractivity contribution in [2.24, 2.45) is 0 Å². The molecule has 0 spiro atoms. The van der Waals surface area contributed by atoms with Gasteiger partial charge in [0.25, 0.3) is 5.91 Å². The maximum atomic E-state index is 12.7. The van der Waals surface area contributed by atoms with E-state index in [9.17, 15) is 14.4 Å². The zero-order valence-electron chi connectivity index (χ0n) is 14.7. The molecule has 0 aliphatic carbocycles. The molecule has 2 aromatic rings. The van der Waals surface area contributed by atoms with Crippen LogP contribution >= 0.6 is 11.3 Å². The summed E-state index contributed by atoms with van der Waals surface area (Å²) in [7, 11) is 0. The van der Waals surface area contributed by atoms with E-state index >= 15 is 0 Å². The van der Waals surface area contributed by atoms with Crippen LogP contribution in [-0.4, -0.2) is 35.8 Å². The standard InChI is InChI=1S/C19H21N3O3S/c1-13-5-3-4-6-14(13)7-9-20-16(23)11-22-17(24)19(2,21-18(22)25)15-8-10-26-12-15/h3-6,8,10,12H,7,9,11H2,1-2H3,(H,20,23)(H,21,25)/t19-/m0/s1. The van der Waals surface area contributed by atoms with E-state index in [0.29, 0.717) is 13.0 Å². The largest absolute Gasteiger partial charge is 0.354 e. The first-order chi connectivity index (χ1) is 12.4. The Morgan fingerprint density at radius 2 is 2.04 bits per heavy atom. The molecule has 0 saturated carbocycles. The fourth-order valence-corrected chi connectivity index (χ4v) is 3.78. The van der Waals surface area contributed by atoms with Crippen LogP contribution in [0.25, 0.3) is 0 Å². The van der Waals surface area contributed by atoms with Gasteiger partial charge in [-0.05, 0) is 53.8 Å². The summed E-state index contributed by atoms with van der Waals surface area (Å²) in [5.41, 5.74) is 1.94. The van der Waals surface area contributed by atoms with Gasteiger partial charge >= 0.3 is 6.03 Å². The average molecular weight is 371 g/mol. The molecule has 7 heteroatoms. The number of carbonyl (C=O) groups excluding carboxylic acids is 3. The molecule has 1 aliphatic rings. The Morgan fingerprint density at radius 3 is 2.73 bits per heavy atom. The van der Waals surface area contributed by atoms with Crippen molar-refractivity contribution < 1.29 is 14.4 Å². The second-order valence-corrected chi connectivity index (χ2v) is 7.26. The van der Waals surface area contributed by atoms with Crippen molar-refractivity contribution in [2.45, 2.75) is 25.8 Å². The molecule has 4 amide bonds. The number of amides is 4. The lowest BCUT2D eigenvalue weighted by molar-refractivity contribution is -0.134. The number of nitrogens with zero attached hydrogens (tertiary/aromatic N) is 1. The molecule has 0 unspecified atom stereocenters. The summed E-state index contributed by atoms with van der Waals surface area (Å²) in [4.78, 5) is 38.0. The molecular weight excluding hydrogens is 350 g/mol. The zero-order chi connectivity index (χ0) is 18.7. The highest BCUT2D eigenvalue weighted by atomic mass is 32.1. The molecule has 1 fully saturated rings. The summed E-state index contributed by atoms with van der Waals surface area (Å²) < 4.78 is 0. The Morgan fingerprint density at radius 1 is 1.27 bits per heavy atom. The predicted molar refractivity (Wildman–Crippen MR) is 99.8 cm³/mol. The van der Waals surface area contributed by atoms with E-state index in [2.05, 4.69) is 10.6 Å². The van der Waals surface area contributed by atoms with Crippen molar-refractivity contribution in [3.8, 4) is 0 Å². The fourth-order valence-electron chi connectivity index (χ4n) is 3.01. The van der Waals surface area contributed by atoms with Gasteiger partial charge in [0, 0.05) is 6.54 Å². The van der Waals surface area contributed by atoms with E-state index in [4.69, 9.17) is 0 Å². The molecule has 6 nitrogen and oxygen atoms in total. The maximum absolute atomic E-state index is 12.7. The van der Waals surface area contributed by atoms with E-state index in [-0.39, 0.29) is 12.5 Å². The van der Waals surface area contributed by atoms with Crippen molar-refractivity contribution in [3.05, 3.63) is 57.8 Å². The second kappa shape index (κ2) is 7.29. The summed E-state index contributed by atoms with van der Waals surface area (Å²) in [6.45, 7) is 3.86. The molecule has 1 atom stereocenters. The molecule has 2 heterocycles. The Kier molecular flexibility index (Phi) is 5.08. The number of benzene rings is 1. The van der Waals surface area contributed by atoms with Crippen molar-refractivity contribution in [1.82, 2.24) is 15.5 Å². The number of rotatable bonds is 6. The SMILES string of the molecule is Cc1ccccc1CCNC(=O)CN1C(=O)N[C@@](C)(c2ccsc2)C1=O. The normalized spacial score (nSPS) is 19.5. The highest BCUT2D eigenvalue weighted by Gasteiger charge is 2.49. The first kappa shape index (κ1) is 18.1. The Labute approximate surface area is 156 Å². The van der Waals surface area contributed by atoms with Gasteiger partial charge in [-0.3, -0.25) is 14.5 Å². The van der Waals surface area contributed by atoms with Gasteiger partial charge < -0.3 is 10.6 Å². The van der Waals surface area contributed by atoms with Crippen molar-refractivity contribution in [3.63, 3.8) is 0 Å². The molecule has 1 saturated heterocycles. The van der Waals surface area contributed by atoms with Crippen LogP contribution in [-0.2, 0) is 21.5 Å². The van der Waals surface area contributed by atoms with Crippen LogP contribution in [0.2, 0.25) is 0 Å². The molecule has 2 N–H and O–H groups in total. The third-order valence-corrected chi connectivity index (χ3v) is 5.34. The number of thiophene rings is 1. The number of hydrogen-bond acceptors (Lipinski definition) is 4. The van der Waals surface area contributed by atoms with Gasteiger partial charge in [0.15, 0.2) is 0 Å². The van der Waals surface area contributed by atoms with Crippen LogP contribution in [0.3, 0.4) is 0 Å². The van der Waals surface area contributed by atoms with E-state index in [1.165, 1.54) is 16.9 Å². The lowest BCUT2D eigenvalue weighted by Gasteiger charge is -2.20. The minimum absolute atomic E-state index is 0.280. The van der Waals surface area contributed by atoms with Gasteiger partial charge in [0.05, 0.1) is 0 Å². The first-order valence-corrected chi connectivity index (χ1v) is 9.34. The Balaban J connectivity index is 1.57. The molecule has 1 aromatic carbocycles. The van der Waals surface area contributed by atoms with Crippen LogP contribution in [0, 0.1) is 6.92 Å². The highest BCUT2D eigenvalue weighted by Crippen LogP contribution is 2.29. The van der Waals surface area contributed by atoms with Gasteiger partial charge in [-0.1, -0.05) is 24.3 Å². The summed E-state index contributed by atoms with van der Waals surface area (Å²) in [5.74, 6) is -0.758. The topological polar surface area (TPSA) is 78.5 Å². The molecule has 0 bridgehead atoms. The van der Waals surface area contributed by atoms with Gasteiger partial charge in [0.1, 0.15) is 12.1 Å². The van der Waals surface area contributed by atoms with Crippen molar-refractivity contribution >= 4 is 29.2 Å². The molecule has 26 heavy (non-hydrogen) atoms. The van der Waals surface area contributed by atoms with Gasteiger partial charge in [-0.25, -0.2) is 4.79 Å². The monoisotopic (exact) mass is 371 g/mol. The van der Waals surface area contributed by atoms with Gasteiger partial charge in [-0.2, -0.15) is 11.3 Å². The number of imide groups is 1. The van der Waals surface area contributed by atoms with Gasteiger partial charge in [0.2, 0.25) is 5.91 Å². The summed E-state index contributed by atoms with van der Waals surface area (Å²) >= 11 is 1.45. The van der Waals surface area contributed by atoms with Crippen LogP contribution in [0.4, 0.5) is 4.79 Å². The number of nitrogens with one attached hydrogen (secondary N) is 2. The molecular formula is C19H21N3O3S. The van der Waals surface area contributed by atoms with E-state index < -0.39 is 17.5 Å². The highest BCUT2D eigenvalue weighted by molar-refractivity contribution is 7.08. The number of aryl methyl sites for hydroxylation is 1. The van der Waals surface area contributed by atoms with Crippen LogP contribution in [0.5, 0.6) is 0 Å². The fraction of sp³-hybridized carbons (Fsp3) is 0.316. The Bertz CT molecular complexity index is 834. The summed E-state index contributed by atoms with van der Waals surface area (Å²) in [5, 5.41) is 9.14. The smallest absolute Gasteiger partial charge is 0.325 e. The Hall–Kier alpha value is -2.67. The lowest BCUT2D eigenvalue weighted by atomic mass is 9.95.